The first kappa shape index (κ1) is 18.9. The topological polar surface area (TPSA) is 88.8 Å². The number of pyridine rings is 2. The van der Waals surface area contributed by atoms with E-state index in [2.05, 4.69) is 36.6 Å². The van der Waals surface area contributed by atoms with Gasteiger partial charge in [-0.25, -0.2) is 9.67 Å². The van der Waals surface area contributed by atoms with Gasteiger partial charge in [-0.2, -0.15) is 0 Å². The largest absolute Gasteiger partial charge is 0.351 e. The summed E-state index contributed by atoms with van der Waals surface area (Å²) in [7, 11) is 4.02. The van der Waals surface area contributed by atoms with Crippen LogP contribution in [0.1, 0.15) is 22.5 Å². The van der Waals surface area contributed by atoms with E-state index in [0.717, 1.165) is 29.4 Å². The van der Waals surface area contributed by atoms with E-state index in [1.54, 1.807) is 23.0 Å². The smallest absolute Gasteiger partial charge is 0.269 e. The summed E-state index contributed by atoms with van der Waals surface area (Å²) in [6.07, 6.45) is 2.67. The summed E-state index contributed by atoms with van der Waals surface area (Å²) in [6, 6.07) is 13.5. The molecule has 0 atom stereocenters. The van der Waals surface area contributed by atoms with Crippen LogP contribution in [0.4, 0.5) is 0 Å². The Kier molecular flexibility index (Phi) is 5.44. The molecule has 0 fully saturated rings. The number of rotatable bonds is 7. The van der Waals surface area contributed by atoms with Crippen molar-refractivity contribution in [1.29, 1.82) is 0 Å². The molecule has 148 valence electrons. The maximum absolute atomic E-state index is 12.4. The molecule has 1 amide bonds. The molecule has 4 rings (SSSR count). The van der Waals surface area contributed by atoms with Gasteiger partial charge in [-0.3, -0.25) is 9.78 Å². The van der Waals surface area contributed by atoms with E-state index in [1.165, 1.54) is 0 Å². The van der Waals surface area contributed by atoms with Gasteiger partial charge >= 0.3 is 0 Å². The van der Waals surface area contributed by atoms with Crippen molar-refractivity contribution in [1.82, 2.24) is 35.2 Å². The first-order valence-electron chi connectivity index (χ1n) is 9.57. The fourth-order valence-electron chi connectivity index (χ4n) is 3.17. The molecule has 0 radical (unpaired) electrons. The number of amides is 1. The highest BCUT2D eigenvalue weighted by Gasteiger charge is 2.12. The predicted octanol–water partition coefficient (Wildman–Crippen LogP) is 2.10. The molecule has 0 bridgehead atoms. The molecule has 0 unspecified atom stereocenters. The number of fused-ring (bicyclic) bond motifs is 2. The van der Waals surface area contributed by atoms with Crippen molar-refractivity contribution in [3.05, 3.63) is 59.9 Å². The van der Waals surface area contributed by atoms with Crippen molar-refractivity contribution in [3.8, 4) is 0 Å². The number of carbonyl (C=O) groups is 1. The maximum atomic E-state index is 12.4. The second-order valence-corrected chi connectivity index (χ2v) is 7.23. The number of benzene rings is 1. The lowest BCUT2D eigenvalue weighted by Crippen LogP contribution is -2.27. The zero-order valence-corrected chi connectivity index (χ0v) is 16.5. The van der Waals surface area contributed by atoms with Crippen molar-refractivity contribution in [2.24, 2.45) is 0 Å². The second kappa shape index (κ2) is 8.32. The van der Waals surface area contributed by atoms with Gasteiger partial charge in [-0.05, 0) is 63.0 Å². The number of nitrogens with one attached hydrogen (secondary N) is 1. The summed E-state index contributed by atoms with van der Waals surface area (Å²) < 4.78 is 1.72. The van der Waals surface area contributed by atoms with Gasteiger partial charge in [0.15, 0.2) is 5.65 Å². The van der Waals surface area contributed by atoms with Gasteiger partial charge in [0.1, 0.15) is 11.2 Å². The summed E-state index contributed by atoms with van der Waals surface area (Å²) >= 11 is 0. The number of nitrogens with zero attached hydrogens (tertiary/aromatic N) is 6. The predicted molar refractivity (Wildman–Crippen MR) is 112 cm³/mol. The van der Waals surface area contributed by atoms with Gasteiger partial charge in [0.25, 0.3) is 5.91 Å². The van der Waals surface area contributed by atoms with Gasteiger partial charge in [-0.1, -0.05) is 17.3 Å². The molecular weight excluding hydrogens is 366 g/mol. The molecule has 0 aliphatic heterocycles. The van der Waals surface area contributed by atoms with E-state index in [4.69, 9.17) is 0 Å². The monoisotopic (exact) mass is 389 g/mol. The summed E-state index contributed by atoms with van der Waals surface area (Å²) in [6.45, 7) is 2.05. The molecule has 29 heavy (non-hydrogen) atoms. The Morgan fingerprint density at radius 1 is 1.14 bits per heavy atom. The molecule has 3 heterocycles. The van der Waals surface area contributed by atoms with Crippen molar-refractivity contribution in [2.75, 3.05) is 27.2 Å². The van der Waals surface area contributed by atoms with Crippen molar-refractivity contribution in [2.45, 2.75) is 13.0 Å². The van der Waals surface area contributed by atoms with Crippen LogP contribution in [0.15, 0.2) is 48.7 Å². The Morgan fingerprint density at radius 2 is 2.00 bits per heavy atom. The Balaban J connectivity index is 1.52. The van der Waals surface area contributed by atoms with Crippen LogP contribution in [0, 0.1) is 0 Å². The first-order valence-corrected chi connectivity index (χ1v) is 9.57. The quantitative estimate of drug-likeness (QED) is 0.487. The normalized spacial score (nSPS) is 11.4. The van der Waals surface area contributed by atoms with Crippen LogP contribution in [0.2, 0.25) is 0 Å². The van der Waals surface area contributed by atoms with Crippen molar-refractivity contribution >= 4 is 28.0 Å². The summed E-state index contributed by atoms with van der Waals surface area (Å²) in [5.41, 5.74) is 3.64. The van der Waals surface area contributed by atoms with E-state index in [1.807, 2.05) is 38.4 Å². The Morgan fingerprint density at radius 3 is 2.86 bits per heavy atom. The third kappa shape index (κ3) is 4.38. The molecule has 8 heteroatoms. The highest BCUT2D eigenvalue weighted by Crippen LogP contribution is 2.16. The van der Waals surface area contributed by atoms with Crippen LogP contribution in [-0.2, 0) is 6.54 Å². The van der Waals surface area contributed by atoms with Gasteiger partial charge in [0.05, 0.1) is 12.1 Å². The van der Waals surface area contributed by atoms with E-state index in [9.17, 15) is 4.79 Å². The summed E-state index contributed by atoms with van der Waals surface area (Å²) in [4.78, 5) is 23.4. The van der Waals surface area contributed by atoms with Gasteiger partial charge < -0.3 is 10.2 Å². The molecule has 0 spiro atoms. The molecule has 1 N–H and O–H groups in total. The molecule has 0 saturated heterocycles. The van der Waals surface area contributed by atoms with Crippen molar-refractivity contribution in [3.63, 3.8) is 0 Å². The zero-order valence-electron chi connectivity index (χ0n) is 16.5. The molecule has 1 aromatic carbocycles. The standard InChI is InChI=1S/C21H23N7O/c1-27(2)12-4-11-23-21(29)19-9-8-18-20(24-19)28(26-25-18)14-15-6-7-17-16(13-15)5-3-10-22-17/h3,5-10,13H,4,11-12,14H2,1-2H3,(H,23,29). The molecule has 4 aromatic rings. The first-order chi connectivity index (χ1) is 14.1. The van der Waals surface area contributed by atoms with Crippen molar-refractivity contribution < 1.29 is 4.79 Å². The third-order valence-electron chi connectivity index (χ3n) is 4.66. The minimum absolute atomic E-state index is 0.185. The highest BCUT2D eigenvalue weighted by molar-refractivity contribution is 5.94. The average Bonchev–Trinajstić information content (AvgIpc) is 3.13. The average molecular weight is 389 g/mol. The number of carbonyl (C=O) groups excluding carboxylic acids is 1. The van der Waals surface area contributed by atoms with Crippen LogP contribution < -0.4 is 5.32 Å². The minimum atomic E-state index is -0.185. The maximum Gasteiger partial charge on any atom is 0.269 e. The second-order valence-electron chi connectivity index (χ2n) is 7.23. The van der Waals surface area contributed by atoms with E-state index in [0.29, 0.717) is 29.9 Å². The zero-order chi connectivity index (χ0) is 20.2. The van der Waals surface area contributed by atoms with Crippen LogP contribution >= 0.6 is 0 Å². The molecule has 0 aliphatic rings. The van der Waals surface area contributed by atoms with Gasteiger partial charge in [0, 0.05) is 18.1 Å². The van der Waals surface area contributed by atoms with Crippen LogP contribution in [0.25, 0.3) is 22.1 Å². The highest BCUT2D eigenvalue weighted by atomic mass is 16.1. The van der Waals surface area contributed by atoms with Crippen LogP contribution in [-0.4, -0.2) is 63.0 Å². The van der Waals surface area contributed by atoms with E-state index in [-0.39, 0.29) is 5.91 Å². The van der Waals surface area contributed by atoms with E-state index < -0.39 is 0 Å². The lowest BCUT2D eigenvalue weighted by molar-refractivity contribution is 0.0947. The fourth-order valence-corrected chi connectivity index (χ4v) is 3.17. The van der Waals surface area contributed by atoms with Crippen LogP contribution in [0.3, 0.4) is 0 Å². The molecule has 8 nitrogen and oxygen atoms in total. The van der Waals surface area contributed by atoms with Gasteiger partial charge in [-0.15, -0.1) is 5.10 Å². The SMILES string of the molecule is CN(C)CCCNC(=O)c1ccc2nnn(Cc3ccc4ncccc4c3)c2n1. The molecule has 3 aromatic heterocycles. The summed E-state index contributed by atoms with van der Waals surface area (Å²) in [5, 5.41) is 12.4. The summed E-state index contributed by atoms with van der Waals surface area (Å²) in [5.74, 6) is -0.185. The number of hydrogen-bond acceptors (Lipinski definition) is 6. The third-order valence-corrected chi connectivity index (χ3v) is 4.66. The minimum Gasteiger partial charge on any atom is -0.351 e. The molecule has 0 saturated carbocycles. The number of aromatic nitrogens is 5. The van der Waals surface area contributed by atoms with Gasteiger partial charge in [0.2, 0.25) is 0 Å². The van der Waals surface area contributed by atoms with Crippen LogP contribution in [0.5, 0.6) is 0 Å². The fraction of sp³-hybridized carbons (Fsp3) is 0.286. The Hall–Kier alpha value is -3.39. The van der Waals surface area contributed by atoms with E-state index >= 15 is 0 Å². The Labute approximate surface area is 168 Å². The lowest BCUT2D eigenvalue weighted by Gasteiger charge is -2.09. The molecule has 0 aliphatic carbocycles. The Bertz CT molecular complexity index is 1150. The number of hydrogen-bond donors (Lipinski definition) is 1. The molecular formula is C21H23N7O. The lowest BCUT2D eigenvalue weighted by atomic mass is 10.1.